The normalized spacial score (nSPS) is 18.0. The van der Waals surface area contributed by atoms with Gasteiger partial charge in [0.1, 0.15) is 0 Å². The molecule has 0 amide bonds. The zero-order valence-electron chi connectivity index (χ0n) is 7.30. The van der Waals surface area contributed by atoms with Crippen LogP contribution in [0.4, 0.5) is 0 Å². The van der Waals surface area contributed by atoms with Crippen LogP contribution >= 0.6 is 0 Å². The van der Waals surface area contributed by atoms with Crippen molar-refractivity contribution in [1.82, 2.24) is 5.32 Å². The first-order valence-corrected chi connectivity index (χ1v) is 4.00. The first-order valence-electron chi connectivity index (χ1n) is 4.00. The fourth-order valence-electron chi connectivity index (χ4n) is 1.20. The third-order valence-electron chi connectivity index (χ3n) is 1.86. The third-order valence-corrected chi connectivity index (χ3v) is 1.86. The molecule has 5 N–H and O–H groups in total. The largest absolute Gasteiger partial charge is 0.404 e. The topological polar surface area (TPSA) is 64.1 Å². The smallest absolute Gasteiger partial charge is 0.0399 e. The number of hydrogen-bond donors (Lipinski definition) is 3. The summed E-state index contributed by atoms with van der Waals surface area (Å²) in [4.78, 5) is 0. The van der Waals surface area contributed by atoms with Gasteiger partial charge in [0.2, 0.25) is 0 Å². The van der Waals surface area contributed by atoms with E-state index in [1.54, 1.807) is 6.20 Å². The van der Waals surface area contributed by atoms with Crippen LogP contribution < -0.4 is 16.8 Å². The molecule has 0 saturated carbocycles. The maximum atomic E-state index is 5.52. The fraction of sp³-hybridized carbons (Fsp3) is 0.333. The Labute approximate surface area is 72.8 Å². The van der Waals surface area contributed by atoms with E-state index in [-0.39, 0.29) is 0 Å². The van der Waals surface area contributed by atoms with E-state index in [9.17, 15) is 0 Å². The molecule has 3 nitrogen and oxygen atoms in total. The molecular weight excluding hydrogens is 150 g/mol. The number of dihydropyridines is 1. The van der Waals surface area contributed by atoms with Gasteiger partial charge in [0.05, 0.1) is 0 Å². The van der Waals surface area contributed by atoms with E-state index in [0.717, 1.165) is 12.1 Å². The molecule has 0 fully saturated rings. The highest BCUT2D eigenvalue weighted by Crippen LogP contribution is 2.12. The number of rotatable bonds is 2. The molecule has 0 bridgehead atoms. The van der Waals surface area contributed by atoms with Crippen LogP contribution in [-0.2, 0) is 0 Å². The van der Waals surface area contributed by atoms with Gasteiger partial charge in [-0.1, -0.05) is 6.08 Å². The molecule has 1 heterocycles. The van der Waals surface area contributed by atoms with Crippen LogP contribution in [0.15, 0.2) is 35.2 Å². The molecule has 0 unspecified atom stereocenters. The highest BCUT2D eigenvalue weighted by atomic mass is 14.8. The van der Waals surface area contributed by atoms with Crippen molar-refractivity contribution >= 4 is 0 Å². The molecule has 1 aliphatic rings. The van der Waals surface area contributed by atoms with Gasteiger partial charge in [0.25, 0.3) is 0 Å². The molecule has 66 valence electrons. The van der Waals surface area contributed by atoms with Crippen molar-refractivity contribution in [1.29, 1.82) is 0 Å². The maximum Gasteiger partial charge on any atom is 0.0399 e. The van der Waals surface area contributed by atoms with Gasteiger partial charge in [0, 0.05) is 13.1 Å². The number of nitrogens with one attached hydrogen (secondary N) is 1. The Morgan fingerprint density at radius 2 is 2.50 bits per heavy atom. The van der Waals surface area contributed by atoms with Gasteiger partial charge in [-0.15, -0.1) is 0 Å². The van der Waals surface area contributed by atoms with Gasteiger partial charge < -0.3 is 16.8 Å². The maximum absolute atomic E-state index is 5.52. The minimum atomic E-state index is 0.497. The quantitative estimate of drug-likeness (QED) is 0.548. The van der Waals surface area contributed by atoms with Crippen LogP contribution in [0.2, 0.25) is 0 Å². The Morgan fingerprint density at radius 1 is 1.75 bits per heavy atom. The van der Waals surface area contributed by atoms with Crippen LogP contribution in [0.25, 0.3) is 0 Å². The lowest BCUT2D eigenvalue weighted by atomic mass is 10.0. The summed E-state index contributed by atoms with van der Waals surface area (Å²) in [5, 5.41) is 3.15. The second-order valence-corrected chi connectivity index (χ2v) is 2.83. The van der Waals surface area contributed by atoms with Gasteiger partial charge in [-0.25, -0.2) is 0 Å². The molecular formula is C9H15N3. The molecule has 0 aromatic heterocycles. The van der Waals surface area contributed by atoms with E-state index < -0.39 is 0 Å². The summed E-state index contributed by atoms with van der Waals surface area (Å²) in [5.74, 6) is 0. The summed E-state index contributed by atoms with van der Waals surface area (Å²) in [6, 6.07) is 0. The van der Waals surface area contributed by atoms with E-state index in [2.05, 4.69) is 11.4 Å². The first-order chi connectivity index (χ1) is 5.77. The highest BCUT2D eigenvalue weighted by Gasteiger charge is 2.05. The fourth-order valence-corrected chi connectivity index (χ4v) is 1.20. The van der Waals surface area contributed by atoms with Crippen molar-refractivity contribution in [3.05, 3.63) is 35.2 Å². The molecule has 0 saturated heterocycles. The van der Waals surface area contributed by atoms with E-state index in [4.69, 9.17) is 11.5 Å². The monoisotopic (exact) mass is 165 g/mol. The minimum Gasteiger partial charge on any atom is -0.404 e. The van der Waals surface area contributed by atoms with E-state index in [0.29, 0.717) is 6.54 Å². The summed E-state index contributed by atoms with van der Waals surface area (Å²) in [6.07, 6.45) is 5.66. The Hall–Kier alpha value is -1.22. The first kappa shape index (κ1) is 8.87. The van der Waals surface area contributed by atoms with E-state index >= 15 is 0 Å². The van der Waals surface area contributed by atoms with E-state index in [1.807, 2.05) is 13.1 Å². The summed E-state index contributed by atoms with van der Waals surface area (Å²) in [5.41, 5.74) is 14.3. The van der Waals surface area contributed by atoms with Crippen LogP contribution in [0.1, 0.15) is 6.92 Å². The molecule has 0 spiro atoms. The Morgan fingerprint density at radius 3 is 3.00 bits per heavy atom. The molecule has 0 radical (unpaired) electrons. The highest BCUT2D eigenvalue weighted by molar-refractivity contribution is 5.40. The molecule has 0 aromatic carbocycles. The molecule has 12 heavy (non-hydrogen) atoms. The third kappa shape index (κ3) is 1.89. The van der Waals surface area contributed by atoms with Crippen molar-refractivity contribution < 1.29 is 0 Å². The predicted molar refractivity (Wildman–Crippen MR) is 51.2 cm³/mol. The van der Waals surface area contributed by atoms with Crippen LogP contribution in [0.3, 0.4) is 0 Å². The number of allylic oxidation sites excluding steroid dienone is 2. The lowest BCUT2D eigenvalue weighted by Gasteiger charge is -2.14. The molecule has 1 aliphatic heterocycles. The van der Waals surface area contributed by atoms with Gasteiger partial charge in [0.15, 0.2) is 0 Å². The minimum absolute atomic E-state index is 0.497. The zero-order valence-corrected chi connectivity index (χ0v) is 7.30. The molecule has 3 heteroatoms. The SMILES string of the molecule is CC1=CNCC(/C(=C/N)CN)=C1. The van der Waals surface area contributed by atoms with Gasteiger partial charge in [-0.2, -0.15) is 0 Å². The zero-order chi connectivity index (χ0) is 8.97. The second kappa shape index (κ2) is 3.97. The summed E-state index contributed by atoms with van der Waals surface area (Å²) in [6.45, 7) is 3.35. The summed E-state index contributed by atoms with van der Waals surface area (Å²) >= 11 is 0. The molecule has 0 aromatic rings. The second-order valence-electron chi connectivity index (χ2n) is 2.83. The van der Waals surface area contributed by atoms with Crippen molar-refractivity contribution in [2.45, 2.75) is 6.92 Å². The lowest BCUT2D eigenvalue weighted by Crippen LogP contribution is -2.19. The number of nitrogens with two attached hydrogens (primary N) is 2. The predicted octanol–water partition coefficient (Wildman–Crippen LogP) is 0.221. The van der Waals surface area contributed by atoms with Crippen molar-refractivity contribution in [3.63, 3.8) is 0 Å². The number of hydrogen-bond acceptors (Lipinski definition) is 3. The standard InChI is InChI=1S/C9H15N3/c1-7-2-8(6-12-5-7)9(3-10)4-11/h2-3,5,12H,4,6,10-11H2,1H3/b9-3+. The summed E-state index contributed by atoms with van der Waals surface area (Å²) < 4.78 is 0. The van der Waals surface area contributed by atoms with Gasteiger partial charge in [-0.3, -0.25) is 0 Å². The van der Waals surface area contributed by atoms with Crippen molar-refractivity contribution in [2.24, 2.45) is 11.5 Å². The Kier molecular flexibility index (Phi) is 2.94. The van der Waals surface area contributed by atoms with Crippen LogP contribution in [0, 0.1) is 0 Å². The molecule has 0 atom stereocenters. The average molecular weight is 165 g/mol. The molecule has 1 rings (SSSR count). The van der Waals surface area contributed by atoms with Crippen LogP contribution in [0.5, 0.6) is 0 Å². The van der Waals surface area contributed by atoms with E-state index in [1.165, 1.54) is 11.1 Å². The van der Waals surface area contributed by atoms with Gasteiger partial charge in [-0.05, 0) is 36.0 Å². The Balaban J connectivity index is 2.81. The van der Waals surface area contributed by atoms with Crippen molar-refractivity contribution in [3.8, 4) is 0 Å². The van der Waals surface area contributed by atoms with Gasteiger partial charge >= 0.3 is 0 Å². The van der Waals surface area contributed by atoms with Crippen molar-refractivity contribution in [2.75, 3.05) is 13.1 Å². The molecule has 0 aliphatic carbocycles. The van der Waals surface area contributed by atoms with Crippen LogP contribution in [-0.4, -0.2) is 13.1 Å². The Bertz CT molecular complexity index is 248. The lowest BCUT2D eigenvalue weighted by molar-refractivity contribution is 0.898. The summed E-state index contributed by atoms with van der Waals surface area (Å²) in [7, 11) is 0. The average Bonchev–Trinajstić information content (AvgIpc) is 2.07.